The number of aliphatic imine (C=N–C) groups is 1. The smallest absolute Gasteiger partial charge is 0.191 e. The van der Waals surface area contributed by atoms with E-state index in [0.29, 0.717) is 18.8 Å². The molecule has 6 nitrogen and oxygen atoms in total. The molecule has 0 aliphatic carbocycles. The van der Waals surface area contributed by atoms with Crippen LogP contribution in [0, 0.1) is 0 Å². The van der Waals surface area contributed by atoms with Crippen LogP contribution in [0.3, 0.4) is 0 Å². The Morgan fingerprint density at radius 3 is 2.42 bits per heavy atom. The molecule has 0 radical (unpaired) electrons. The molecule has 0 spiro atoms. The number of ether oxygens (including phenoxy) is 1. The van der Waals surface area contributed by atoms with Gasteiger partial charge in [0.25, 0.3) is 0 Å². The first-order valence-corrected chi connectivity index (χ1v) is 11.9. The summed E-state index contributed by atoms with van der Waals surface area (Å²) in [4.78, 5) is 8.04. The van der Waals surface area contributed by atoms with E-state index >= 15 is 0 Å². The van der Waals surface area contributed by atoms with Gasteiger partial charge in [-0.25, -0.2) is 4.99 Å². The maximum atomic E-state index is 12.4. The van der Waals surface area contributed by atoms with Crippen LogP contribution in [0.5, 0.6) is 0 Å². The van der Waals surface area contributed by atoms with Crippen LogP contribution in [-0.2, 0) is 28.6 Å². The van der Waals surface area contributed by atoms with Crippen molar-refractivity contribution < 1.29 is 8.95 Å². The zero-order valence-corrected chi connectivity index (χ0v) is 21.2. The molecule has 1 saturated heterocycles. The lowest BCUT2D eigenvalue weighted by molar-refractivity contribution is 0.0341. The minimum Gasteiger partial charge on any atom is -0.379 e. The van der Waals surface area contributed by atoms with Gasteiger partial charge < -0.3 is 15.4 Å². The van der Waals surface area contributed by atoms with Gasteiger partial charge in [0.05, 0.1) is 30.6 Å². The van der Waals surface area contributed by atoms with E-state index < -0.39 is 10.8 Å². The normalized spacial score (nSPS) is 15.7. The van der Waals surface area contributed by atoms with Gasteiger partial charge in [-0.15, -0.1) is 24.0 Å². The predicted octanol–water partition coefficient (Wildman–Crippen LogP) is 3.00. The molecule has 0 bridgehead atoms. The van der Waals surface area contributed by atoms with E-state index in [9.17, 15) is 4.21 Å². The number of halogens is 1. The highest BCUT2D eigenvalue weighted by Gasteiger charge is 2.12. The van der Waals surface area contributed by atoms with Gasteiger partial charge in [-0.05, 0) is 30.2 Å². The Bertz CT molecular complexity index is 829. The lowest BCUT2D eigenvalue weighted by atomic mass is 10.1. The van der Waals surface area contributed by atoms with Gasteiger partial charge >= 0.3 is 0 Å². The summed E-state index contributed by atoms with van der Waals surface area (Å²) in [6, 6.07) is 18.1. The molecule has 2 N–H and O–H groups in total. The number of benzene rings is 2. The first-order valence-electron chi connectivity index (χ1n) is 10.6. The van der Waals surface area contributed by atoms with Crippen molar-refractivity contribution in [3.8, 4) is 0 Å². The Morgan fingerprint density at radius 1 is 1.03 bits per heavy atom. The van der Waals surface area contributed by atoms with Crippen LogP contribution in [0.2, 0.25) is 0 Å². The third-order valence-electron chi connectivity index (χ3n) is 4.95. The van der Waals surface area contributed by atoms with Crippen LogP contribution in [0.4, 0.5) is 0 Å². The quantitative estimate of drug-likeness (QED) is 0.283. The zero-order chi connectivity index (χ0) is 21.0. The summed E-state index contributed by atoms with van der Waals surface area (Å²) in [5.41, 5.74) is 2.54. The lowest BCUT2D eigenvalue weighted by Gasteiger charge is -2.27. The zero-order valence-electron chi connectivity index (χ0n) is 18.1. The number of rotatable bonds is 9. The first kappa shape index (κ1) is 25.8. The molecule has 31 heavy (non-hydrogen) atoms. The van der Waals surface area contributed by atoms with E-state index in [1.54, 1.807) is 0 Å². The third-order valence-corrected chi connectivity index (χ3v) is 6.33. The van der Waals surface area contributed by atoms with Gasteiger partial charge in [-0.1, -0.05) is 42.5 Å². The number of nitrogens with one attached hydrogen (secondary N) is 2. The van der Waals surface area contributed by atoms with Crippen LogP contribution in [0.25, 0.3) is 0 Å². The van der Waals surface area contributed by atoms with Crippen molar-refractivity contribution in [2.45, 2.75) is 24.9 Å². The summed E-state index contributed by atoms with van der Waals surface area (Å²) < 4.78 is 17.8. The van der Waals surface area contributed by atoms with Gasteiger partial charge in [0.15, 0.2) is 5.96 Å². The molecule has 8 heteroatoms. The van der Waals surface area contributed by atoms with E-state index in [-0.39, 0.29) is 24.0 Å². The highest BCUT2D eigenvalue weighted by molar-refractivity contribution is 14.0. The molecular weight excluding hydrogens is 523 g/mol. The minimum absolute atomic E-state index is 0. The number of nitrogens with zero attached hydrogens (tertiary/aromatic N) is 2. The summed E-state index contributed by atoms with van der Waals surface area (Å²) >= 11 is 0. The molecule has 2 aromatic carbocycles. The largest absolute Gasteiger partial charge is 0.379 e. The molecule has 0 amide bonds. The Kier molecular flexibility index (Phi) is 12.1. The predicted molar refractivity (Wildman–Crippen MR) is 138 cm³/mol. The van der Waals surface area contributed by atoms with Crippen LogP contribution in [-0.4, -0.2) is 60.2 Å². The SMILES string of the molecule is CCNC(=NCc1ccccc1CN1CCOCC1)NCCS(=O)c1ccccc1.I. The van der Waals surface area contributed by atoms with Crippen LogP contribution >= 0.6 is 24.0 Å². The summed E-state index contributed by atoms with van der Waals surface area (Å²) in [7, 11) is -1.01. The molecule has 0 aromatic heterocycles. The van der Waals surface area contributed by atoms with E-state index in [1.807, 2.05) is 37.3 Å². The Balaban J connectivity index is 0.00000341. The van der Waals surface area contributed by atoms with Crippen molar-refractivity contribution in [3.63, 3.8) is 0 Å². The molecule has 0 saturated carbocycles. The fourth-order valence-electron chi connectivity index (χ4n) is 3.32. The fraction of sp³-hybridized carbons (Fsp3) is 0.435. The molecule has 2 aromatic rings. The summed E-state index contributed by atoms with van der Waals surface area (Å²) in [5.74, 6) is 1.30. The van der Waals surface area contributed by atoms with Gasteiger partial charge in [0, 0.05) is 43.4 Å². The molecule has 3 rings (SSSR count). The van der Waals surface area contributed by atoms with Gasteiger partial charge in [-0.2, -0.15) is 0 Å². The van der Waals surface area contributed by atoms with Gasteiger partial charge in [0.2, 0.25) is 0 Å². The van der Waals surface area contributed by atoms with Crippen LogP contribution < -0.4 is 10.6 Å². The average Bonchev–Trinajstić information content (AvgIpc) is 2.79. The highest BCUT2D eigenvalue weighted by atomic mass is 127. The van der Waals surface area contributed by atoms with Gasteiger partial charge in [-0.3, -0.25) is 9.11 Å². The maximum absolute atomic E-state index is 12.4. The van der Waals surface area contributed by atoms with Crippen LogP contribution in [0.15, 0.2) is 64.5 Å². The summed E-state index contributed by atoms with van der Waals surface area (Å²) in [6.07, 6.45) is 0. The lowest BCUT2D eigenvalue weighted by Crippen LogP contribution is -2.39. The number of hydrogen-bond donors (Lipinski definition) is 2. The van der Waals surface area contributed by atoms with E-state index in [2.05, 4.69) is 39.8 Å². The number of hydrogen-bond acceptors (Lipinski definition) is 4. The van der Waals surface area contributed by atoms with Crippen molar-refractivity contribution in [1.29, 1.82) is 0 Å². The van der Waals surface area contributed by atoms with Crippen molar-refractivity contribution in [2.75, 3.05) is 45.1 Å². The minimum atomic E-state index is -1.01. The van der Waals surface area contributed by atoms with Crippen molar-refractivity contribution in [1.82, 2.24) is 15.5 Å². The molecule has 1 aliphatic heterocycles. The van der Waals surface area contributed by atoms with E-state index in [1.165, 1.54) is 11.1 Å². The van der Waals surface area contributed by atoms with Crippen molar-refractivity contribution in [2.24, 2.45) is 4.99 Å². The molecule has 1 fully saturated rings. The maximum Gasteiger partial charge on any atom is 0.191 e. The van der Waals surface area contributed by atoms with Crippen molar-refractivity contribution >= 4 is 40.7 Å². The third kappa shape index (κ3) is 8.88. The molecule has 1 heterocycles. The summed E-state index contributed by atoms with van der Waals surface area (Å²) in [6.45, 7) is 8.52. The van der Waals surface area contributed by atoms with E-state index in [4.69, 9.17) is 9.73 Å². The van der Waals surface area contributed by atoms with Gasteiger partial charge in [0.1, 0.15) is 0 Å². The summed E-state index contributed by atoms with van der Waals surface area (Å²) in [5, 5.41) is 6.59. The molecular formula is C23H33IN4O2S. The standard InChI is InChI=1S/C23H32N4O2S.HI/c1-2-24-23(25-12-17-30(28)22-10-4-3-5-11-22)26-18-20-8-6-7-9-21(20)19-27-13-15-29-16-14-27;/h3-11H,2,12-19H2,1H3,(H2,24,25,26);1H. The Labute approximate surface area is 205 Å². The fourth-order valence-corrected chi connectivity index (χ4v) is 4.31. The molecule has 170 valence electrons. The second-order valence-electron chi connectivity index (χ2n) is 7.14. The number of guanidine groups is 1. The highest BCUT2D eigenvalue weighted by Crippen LogP contribution is 2.14. The van der Waals surface area contributed by atoms with E-state index in [0.717, 1.165) is 50.2 Å². The Morgan fingerprint density at radius 2 is 1.71 bits per heavy atom. The molecule has 1 aliphatic rings. The molecule has 1 atom stereocenters. The second kappa shape index (κ2) is 14.5. The topological polar surface area (TPSA) is 66.0 Å². The number of morpholine rings is 1. The van der Waals surface area contributed by atoms with Crippen LogP contribution in [0.1, 0.15) is 18.1 Å². The first-order chi connectivity index (χ1) is 14.8. The second-order valence-corrected chi connectivity index (χ2v) is 8.71. The van der Waals surface area contributed by atoms with Crippen molar-refractivity contribution in [3.05, 3.63) is 65.7 Å². The average molecular weight is 557 g/mol. The monoisotopic (exact) mass is 556 g/mol. The molecule has 1 unspecified atom stereocenters. The Hall–Kier alpha value is -1.49.